The van der Waals surface area contributed by atoms with E-state index in [1.807, 2.05) is 0 Å². The van der Waals surface area contributed by atoms with E-state index in [-0.39, 0.29) is 9.80 Å². The summed E-state index contributed by atoms with van der Waals surface area (Å²) in [6.07, 6.45) is 1.24. The normalized spacial score (nSPS) is 14.6. The molecule has 1 aliphatic heterocycles. The van der Waals surface area contributed by atoms with Gasteiger partial charge in [0.15, 0.2) is 16.4 Å². The SMILES string of the molecule is COc1cc(N2C=C(C#N)S(=O)(=O)c3ccc(Cl)cc32)cc(OC)c1OC. The van der Waals surface area contributed by atoms with Crippen LogP contribution >= 0.6 is 11.6 Å². The summed E-state index contributed by atoms with van der Waals surface area (Å²) in [6, 6.07) is 9.39. The lowest BCUT2D eigenvalue weighted by Crippen LogP contribution is -2.21. The number of halogens is 1. The van der Waals surface area contributed by atoms with Crippen LogP contribution in [-0.2, 0) is 9.84 Å². The first-order valence-corrected chi connectivity index (χ1v) is 9.49. The van der Waals surface area contributed by atoms with Crippen molar-refractivity contribution in [3.8, 4) is 23.3 Å². The molecule has 0 saturated heterocycles. The summed E-state index contributed by atoms with van der Waals surface area (Å²) in [7, 11) is 0.511. The molecular formula is C18H15ClN2O5S. The minimum Gasteiger partial charge on any atom is -0.493 e. The maximum absolute atomic E-state index is 12.6. The van der Waals surface area contributed by atoms with Crippen LogP contribution in [0.4, 0.5) is 11.4 Å². The zero-order valence-electron chi connectivity index (χ0n) is 14.7. The number of ether oxygens (including phenoxy) is 3. The molecule has 1 aliphatic rings. The van der Waals surface area contributed by atoms with Crippen molar-refractivity contribution < 1.29 is 22.6 Å². The first-order chi connectivity index (χ1) is 12.9. The second-order valence-electron chi connectivity index (χ2n) is 5.47. The van der Waals surface area contributed by atoms with Gasteiger partial charge in [-0.25, -0.2) is 8.42 Å². The van der Waals surface area contributed by atoms with Gasteiger partial charge < -0.3 is 19.1 Å². The molecule has 140 valence electrons. The summed E-state index contributed by atoms with van der Waals surface area (Å²) in [6.45, 7) is 0. The molecular weight excluding hydrogens is 392 g/mol. The van der Waals surface area contributed by atoms with E-state index in [0.717, 1.165) is 0 Å². The molecule has 2 aromatic rings. The predicted molar refractivity (Wildman–Crippen MR) is 101 cm³/mol. The van der Waals surface area contributed by atoms with Gasteiger partial charge in [0.2, 0.25) is 15.6 Å². The van der Waals surface area contributed by atoms with Gasteiger partial charge in [0, 0.05) is 23.4 Å². The Bertz CT molecular complexity index is 1060. The number of rotatable bonds is 4. The molecule has 0 unspecified atom stereocenters. The van der Waals surface area contributed by atoms with E-state index >= 15 is 0 Å². The molecule has 27 heavy (non-hydrogen) atoms. The molecule has 3 rings (SSSR count). The van der Waals surface area contributed by atoms with Gasteiger partial charge in [-0.05, 0) is 18.2 Å². The predicted octanol–water partition coefficient (Wildman–Crippen LogP) is 3.66. The van der Waals surface area contributed by atoms with E-state index in [2.05, 4.69) is 0 Å². The summed E-state index contributed by atoms with van der Waals surface area (Å²) in [5.74, 6) is 1.16. The summed E-state index contributed by atoms with van der Waals surface area (Å²) in [5.41, 5.74) is 0.825. The van der Waals surface area contributed by atoms with E-state index in [1.165, 1.54) is 45.7 Å². The highest BCUT2D eigenvalue weighted by Gasteiger charge is 2.33. The van der Waals surface area contributed by atoms with Gasteiger partial charge in [-0.1, -0.05) is 11.6 Å². The van der Waals surface area contributed by atoms with E-state index in [1.54, 1.807) is 23.1 Å². The molecule has 0 fully saturated rings. The number of nitriles is 1. The highest BCUT2D eigenvalue weighted by molar-refractivity contribution is 7.95. The maximum atomic E-state index is 12.6. The zero-order valence-corrected chi connectivity index (χ0v) is 16.3. The Hall–Kier alpha value is -2.89. The quantitative estimate of drug-likeness (QED) is 0.765. The Morgan fingerprint density at radius 2 is 1.67 bits per heavy atom. The third-order valence-corrected chi connectivity index (χ3v) is 5.98. The van der Waals surface area contributed by atoms with Crippen molar-refractivity contribution in [2.45, 2.75) is 4.90 Å². The van der Waals surface area contributed by atoms with Crippen molar-refractivity contribution in [3.63, 3.8) is 0 Å². The number of anilines is 2. The van der Waals surface area contributed by atoms with Gasteiger partial charge in [0.05, 0.1) is 37.6 Å². The van der Waals surface area contributed by atoms with Crippen molar-refractivity contribution in [3.05, 3.63) is 46.5 Å². The van der Waals surface area contributed by atoms with Gasteiger partial charge >= 0.3 is 0 Å². The van der Waals surface area contributed by atoms with Gasteiger partial charge in [-0.15, -0.1) is 0 Å². The van der Waals surface area contributed by atoms with Gasteiger partial charge in [0.25, 0.3) is 0 Å². The molecule has 0 saturated carbocycles. The monoisotopic (exact) mass is 406 g/mol. The Morgan fingerprint density at radius 1 is 1.04 bits per heavy atom. The van der Waals surface area contributed by atoms with Crippen LogP contribution in [0.1, 0.15) is 0 Å². The molecule has 7 nitrogen and oxygen atoms in total. The number of allylic oxidation sites excluding steroid dienone is 1. The molecule has 0 aliphatic carbocycles. The fourth-order valence-corrected chi connectivity index (χ4v) is 4.24. The van der Waals surface area contributed by atoms with Crippen LogP contribution in [0.25, 0.3) is 0 Å². The number of sulfone groups is 1. The molecule has 2 aromatic carbocycles. The maximum Gasteiger partial charge on any atom is 0.220 e. The first kappa shape index (κ1) is 18.9. The van der Waals surface area contributed by atoms with Gasteiger partial charge in [0.1, 0.15) is 6.07 Å². The van der Waals surface area contributed by atoms with Crippen LogP contribution in [0.3, 0.4) is 0 Å². The summed E-state index contributed by atoms with van der Waals surface area (Å²) in [5, 5.41) is 9.69. The number of hydrogen-bond donors (Lipinski definition) is 0. The molecule has 0 atom stereocenters. The van der Waals surface area contributed by atoms with E-state index in [9.17, 15) is 13.7 Å². The largest absolute Gasteiger partial charge is 0.493 e. The lowest BCUT2D eigenvalue weighted by molar-refractivity contribution is 0.324. The van der Waals surface area contributed by atoms with Crippen molar-refractivity contribution in [1.82, 2.24) is 0 Å². The molecule has 9 heteroatoms. The number of fused-ring (bicyclic) bond motifs is 1. The summed E-state index contributed by atoms with van der Waals surface area (Å²) >= 11 is 6.08. The van der Waals surface area contributed by atoms with Crippen LogP contribution in [0.2, 0.25) is 5.02 Å². The van der Waals surface area contributed by atoms with Crippen LogP contribution in [0.15, 0.2) is 46.3 Å². The molecule has 0 radical (unpaired) electrons. The number of benzene rings is 2. The summed E-state index contributed by atoms with van der Waals surface area (Å²) in [4.78, 5) is 1.15. The molecule has 0 N–H and O–H groups in total. The average Bonchev–Trinajstić information content (AvgIpc) is 2.66. The van der Waals surface area contributed by atoms with Crippen molar-refractivity contribution in [1.29, 1.82) is 5.26 Å². The third kappa shape index (κ3) is 3.05. The second-order valence-corrected chi connectivity index (χ2v) is 7.80. The van der Waals surface area contributed by atoms with E-state index in [4.69, 9.17) is 25.8 Å². The molecule has 1 heterocycles. The first-order valence-electron chi connectivity index (χ1n) is 7.63. The Balaban J connectivity index is 2.32. The fourth-order valence-electron chi connectivity index (χ4n) is 2.79. The van der Waals surface area contributed by atoms with Crippen LogP contribution in [0, 0.1) is 11.3 Å². The fraction of sp³-hybridized carbons (Fsp3) is 0.167. The van der Waals surface area contributed by atoms with Crippen LogP contribution < -0.4 is 19.1 Å². The number of hydrogen-bond acceptors (Lipinski definition) is 7. The molecule has 0 bridgehead atoms. The average molecular weight is 407 g/mol. The lowest BCUT2D eigenvalue weighted by atomic mass is 10.2. The number of methoxy groups -OCH3 is 3. The molecule has 0 aromatic heterocycles. The highest BCUT2D eigenvalue weighted by atomic mass is 35.5. The van der Waals surface area contributed by atoms with Crippen molar-refractivity contribution in [2.24, 2.45) is 0 Å². The van der Waals surface area contributed by atoms with Gasteiger partial charge in [-0.3, -0.25) is 0 Å². The minimum absolute atomic E-state index is 0.0142. The van der Waals surface area contributed by atoms with Gasteiger partial charge in [-0.2, -0.15) is 5.26 Å². The van der Waals surface area contributed by atoms with Crippen molar-refractivity contribution in [2.75, 3.05) is 26.2 Å². The summed E-state index contributed by atoms with van der Waals surface area (Å²) < 4.78 is 41.3. The minimum atomic E-state index is -3.92. The Kier molecular flexibility index (Phi) is 4.91. The van der Waals surface area contributed by atoms with E-state index in [0.29, 0.717) is 33.6 Å². The Labute approximate surface area is 161 Å². The lowest BCUT2D eigenvalue weighted by Gasteiger charge is -2.28. The zero-order chi connectivity index (χ0) is 19.8. The molecule has 0 spiro atoms. The standard InChI is InChI=1S/C18H15ClN2O5S/c1-24-15-7-12(8-16(25-2)18(15)26-3)21-10-13(9-20)27(22,23)17-5-4-11(19)6-14(17)21/h4-8,10H,1-3H3. The van der Waals surface area contributed by atoms with E-state index < -0.39 is 9.84 Å². The molecule has 0 amide bonds. The van der Waals surface area contributed by atoms with Crippen molar-refractivity contribution >= 4 is 32.8 Å². The topological polar surface area (TPSA) is 88.9 Å². The highest BCUT2D eigenvalue weighted by Crippen LogP contribution is 2.46. The Morgan fingerprint density at radius 3 is 2.19 bits per heavy atom. The third-order valence-electron chi connectivity index (χ3n) is 4.04. The van der Waals surface area contributed by atoms with Crippen LogP contribution in [-0.4, -0.2) is 29.7 Å². The van der Waals surface area contributed by atoms with Crippen LogP contribution in [0.5, 0.6) is 17.2 Å². The number of nitrogens with zero attached hydrogens (tertiary/aromatic N) is 2. The second kappa shape index (κ2) is 7.02. The smallest absolute Gasteiger partial charge is 0.220 e.